The first-order valence-electron chi connectivity index (χ1n) is 4.77. The lowest BCUT2D eigenvalue weighted by atomic mass is 9.95. The number of carbonyl (C=O) groups is 2. The van der Waals surface area contributed by atoms with Crippen molar-refractivity contribution < 1.29 is 19.4 Å². The molecule has 0 unspecified atom stereocenters. The summed E-state index contributed by atoms with van der Waals surface area (Å²) in [6.07, 6.45) is 2.49. The molecule has 1 rings (SSSR count). The molecule has 1 atom stereocenters. The van der Waals surface area contributed by atoms with Crippen LogP contribution in [0.2, 0.25) is 0 Å². The second kappa shape index (κ2) is 4.93. The first-order valence-corrected chi connectivity index (χ1v) is 4.77. The smallest absolute Gasteiger partial charge is 0.333 e. The lowest BCUT2D eigenvalue weighted by Crippen LogP contribution is -2.53. The monoisotopic (exact) mass is 213 g/mol. The second-order valence-corrected chi connectivity index (χ2v) is 3.37. The average Bonchev–Trinajstić information content (AvgIpc) is 2.23. The van der Waals surface area contributed by atoms with Gasteiger partial charge in [-0.3, -0.25) is 4.79 Å². The molecule has 0 radical (unpaired) electrons. The Balaban J connectivity index is 2.55. The predicted octanol–water partition coefficient (Wildman–Crippen LogP) is 0.0465. The standard InChI is InChI=1S/C10H15NO4/c1-3-7(10(14)15-2)4-8-5-9(13)11(8)6-12/h3,8,12H,4-6H2,1-2H3/b7-3-/t8-/m0/s1. The number of allylic oxidation sites excluding steroid dienone is 1. The van der Waals surface area contributed by atoms with Crippen LogP contribution in [0.15, 0.2) is 11.6 Å². The quantitative estimate of drug-likeness (QED) is 0.407. The van der Waals surface area contributed by atoms with E-state index in [9.17, 15) is 9.59 Å². The van der Waals surface area contributed by atoms with Gasteiger partial charge in [-0.2, -0.15) is 0 Å². The Hall–Kier alpha value is -1.36. The van der Waals surface area contributed by atoms with E-state index in [2.05, 4.69) is 4.74 Å². The SMILES string of the molecule is C/C=C(/C[C@H]1CC(=O)N1CO)C(=O)OC. The minimum atomic E-state index is -0.380. The molecule has 0 aliphatic carbocycles. The maximum atomic E-state index is 11.2. The van der Waals surface area contributed by atoms with E-state index in [1.165, 1.54) is 12.0 Å². The van der Waals surface area contributed by atoms with Gasteiger partial charge in [-0.1, -0.05) is 6.08 Å². The van der Waals surface area contributed by atoms with Crippen LogP contribution < -0.4 is 0 Å². The third-order valence-corrected chi connectivity index (χ3v) is 2.58. The van der Waals surface area contributed by atoms with Crippen molar-refractivity contribution in [2.45, 2.75) is 25.8 Å². The van der Waals surface area contributed by atoms with Crippen molar-refractivity contribution >= 4 is 11.9 Å². The van der Waals surface area contributed by atoms with Crippen LogP contribution in [0.3, 0.4) is 0 Å². The van der Waals surface area contributed by atoms with Gasteiger partial charge >= 0.3 is 5.97 Å². The molecule has 5 heteroatoms. The zero-order chi connectivity index (χ0) is 11.4. The number of ether oxygens (including phenoxy) is 1. The molecule has 0 bridgehead atoms. The Morgan fingerprint density at radius 3 is 2.80 bits per heavy atom. The highest BCUT2D eigenvalue weighted by Crippen LogP contribution is 2.24. The Morgan fingerprint density at radius 2 is 2.40 bits per heavy atom. The van der Waals surface area contributed by atoms with Crippen LogP contribution in [0.1, 0.15) is 19.8 Å². The Morgan fingerprint density at radius 1 is 1.73 bits per heavy atom. The third-order valence-electron chi connectivity index (χ3n) is 2.58. The van der Waals surface area contributed by atoms with Gasteiger partial charge in [0.2, 0.25) is 5.91 Å². The first-order chi connectivity index (χ1) is 7.13. The zero-order valence-corrected chi connectivity index (χ0v) is 8.90. The third kappa shape index (κ3) is 2.36. The molecule has 0 spiro atoms. The van der Waals surface area contributed by atoms with Crippen molar-refractivity contribution in [2.75, 3.05) is 13.8 Å². The number of nitrogens with zero attached hydrogens (tertiary/aromatic N) is 1. The molecular formula is C10H15NO4. The molecule has 0 saturated carbocycles. The maximum Gasteiger partial charge on any atom is 0.333 e. The summed E-state index contributed by atoms with van der Waals surface area (Å²) in [5.74, 6) is -0.461. The van der Waals surface area contributed by atoms with Crippen molar-refractivity contribution in [2.24, 2.45) is 0 Å². The van der Waals surface area contributed by atoms with Gasteiger partial charge in [-0.15, -0.1) is 0 Å². The first kappa shape index (κ1) is 11.7. The van der Waals surface area contributed by atoms with Gasteiger partial charge in [0.1, 0.15) is 6.73 Å². The van der Waals surface area contributed by atoms with E-state index in [4.69, 9.17) is 5.11 Å². The molecule has 1 heterocycles. The summed E-state index contributed by atoms with van der Waals surface area (Å²) in [6, 6.07) is -0.0761. The molecule has 0 aromatic rings. The summed E-state index contributed by atoms with van der Waals surface area (Å²) in [4.78, 5) is 23.6. The summed E-state index contributed by atoms with van der Waals surface area (Å²) in [6.45, 7) is 1.46. The van der Waals surface area contributed by atoms with E-state index in [1.807, 2.05) is 0 Å². The molecule has 1 aliphatic heterocycles. The number of hydrogen-bond donors (Lipinski definition) is 1. The molecule has 1 amide bonds. The highest BCUT2D eigenvalue weighted by Gasteiger charge is 2.36. The van der Waals surface area contributed by atoms with Crippen LogP contribution in [-0.2, 0) is 14.3 Å². The number of rotatable bonds is 4. The predicted molar refractivity (Wildman–Crippen MR) is 52.7 cm³/mol. The number of β-lactam (4-membered cyclic amide) rings is 1. The Labute approximate surface area is 88.3 Å². The lowest BCUT2D eigenvalue weighted by molar-refractivity contribution is -0.152. The molecule has 1 fully saturated rings. The van der Waals surface area contributed by atoms with Crippen LogP contribution in [0.4, 0.5) is 0 Å². The summed E-state index contributed by atoms with van der Waals surface area (Å²) in [5, 5.41) is 8.88. The fourth-order valence-corrected chi connectivity index (χ4v) is 1.60. The normalized spacial score (nSPS) is 21.3. The number of esters is 1. The summed E-state index contributed by atoms with van der Waals surface area (Å²) in [5.41, 5.74) is 0.536. The highest BCUT2D eigenvalue weighted by molar-refractivity contribution is 5.89. The van der Waals surface area contributed by atoms with Crippen molar-refractivity contribution in [3.05, 3.63) is 11.6 Å². The van der Waals surface area contributed by atoms with Gasteiger partial charge in [0.15, 0.2) is 0 Å². The van der Waals surface area contributed by atoms with Crippen molar-refractivity contribution in [3.8, 4) is 0 Å². The van der Waals surface area contributed by atoms with Gasteiger partial charge in [0.25, 0.3) is 0 Å². The summed E-state index contributed by atoms with van der Waals surface area (Å²) >= 11 is 0. The van der Waals surface area contributed by atoms with Crippen LogP contribution in [0.5, 0.6) is 0 Å². The fraction of sp³-hybridized carbons (Fsp3) is 0.600. The average molecular weight is 213 g/mol. The molecular weight excluding hydrogens is 198 g/mol. The van der Waals surface area contributed by atoms with Gasteiger partial charge < -0.3 is 14.7 Å². The van der Waals surface area contributed by atoms with E-state index in [0.717, 1.165) is 0 Å². The number of amides is 1. The molecule has 1 N–H and O–H groups in total. The minimum absolute atomic E-state index is 0.0761. The van der Waals surface area contributed by atoms with Crippen LogP contribution >= 0.6 is 0 Å². The second-order valence-electron chi connectivity index (χ2n) is 3.37. The Bertz CT molecular complexity index is 298. The van der Waals surface area contributed by atoms with E-state index < -0.39 is 0 Å². The van der Waals surface area contributed by atoms with Crippen LogP contribution in [0.25, 0.3) is 0 Å². The molecule has 1 aliphatic rings. The summed E-state index contributed by atoms with van der Waals surface area (Å²) in [7, 11) is 1.32. The Kier molecular flexibility index (Phi) is 3.85. The molecule has 0 aromatic carbocycles. The number of aliphatic hydroxyl groups is 1. The minimum Gasteiger partial charge on any atom is -0.466 e. The van der Waals surface area contributed by atoms with E-state index in [-0.39, 0.29) is 24.6 Å². The van der Waals surface area contributed by atoms with E-state index in [1.54, 1.807) is 13.0 Å². The molecule has 0 aromatic heterocycles. The highest BCUT2D eigenvalue weighted by atomic mass is 16.5. The molecule has 15 heavy (non-hydrogen) atoms. The van der Waals surface area contributed by atoms with E-state index in [0.29, 0.717) is 18.4 Å². The van der Waals surface area contributed by atoms with Crippen molar-refractivity contribution in [1.82, 2.24) is 4.90 Å². The van der Waals surface area contributed by atoms with Gasteiger partial charge in [0, 0.05) is 24.5 Å². The van der Waals surface area contributed by atoms with Crippen LogP contribution in [0, 0.1) is 0 Å². The largest absolute Gasteiger partial charge is 0.466 e. The molecule has 84 valence electrons. The number of hydrogen-bond acceptors (Lipinski definition) is 4. The van der Waals surface area contributed by atoms with Gasteiger partial charge in [-0.05, 0) is 6.92 Å². The molecule has 1 saturated heterocycles. The van der Waals surface area contributed by atoms with Gasteiger partial charge in [0.05, 0.1) is 7.11 Å². The number of carbonyl (C=O) groups excluding carboxylic acids is 2. The van der Waals surface area contributed by atoms with Crippen LogP contribution in [-0.4, -0.2) is 41.8 Å². The van der Waals surface area contributed by atoms with Crippen molar-refractivity contribution in [1.29, 1.82) is 0 Å². The number of likely N-dealkylation sites (tertiary alicyclic amines) is 1. The lowest BCUT2D eigenvalue weighted by Gasteiger charge is -2.39. The van der Waals surface area contributed by atoms with E-state index >= 15 is 0 Å². The van der Waals surface area contributed by atoms with Gasteiger partial charge in [-0.25, -0.2) is 4.79 Å². The molecule has 5 nitrogen and oxygen atoms in total. The zero-order valence-electron chi connectivity index (χ0n) is 8.90. The number of aliphatic hydroxyl groups excluding tert-OH is 1. The number of methoxy groups -OCH3 is 1. The topological polar surface area (TPSA) is 66.8 Å². The maximum absolute atomic E-state index is 11.2. The summed E-state index contributed by atoms with van der Waals surface area (Å²) < 4.78 is 4.60. The van der Waals surface area contributed by atoms with Crippen molar-refractivity contribution in [3.63, 3.8) is 0 Å². The fourth-order valence-electron chi connectivity index (χ4n) is 1.60.